The second-order valence-corrected chi connectivity index (χ2v) is 2.27. The van der Waals surface area contributed by atoms with Gasteiger partial charge in [-0.15, -0.1) is 0 Å². The number of nitrogens with zero attached hydrogens (tertiary/aromatic N) is 1. The molecule has 0 spiro atoms. The first kappa shape index (κ1) is 10.7. The Morgan fingerprint density at radius 2 is 2.17 bits per heavy atom. The van der Waals surface area contributed by atoms with E-state index < -0.39 is 0 Å². The summed E-state index contributed by atoms with van der Waals surface area (Å²) in [5.41, 5.74) is 0.827. The third-order valence-electron chi connectivity index (χ3n) is 1.26. The highest BCUT2D eigenvalue weighted by atomic mass is 16.1. The van der Waals surface area contributed by atoms with Gasteiger partial charge < -0.3 is 10.6 Å². The van der Waals surface area contributed by atoms with Crippen molar-refractivity contribution < 1.29 is 4.79 Å². The van der Waals surface area contributed by atoms with E-state index in [0.717, 1.165) is 5.70 Å². The molecule has 0 atom stereocenters. The van der Waals surface area contributed by atoms with Crippen molar-refractivity contribution in [2.75, 3.05) is 14.1 Å². The number of nitrogens with one attached hydrogen (secondary N) is 2. The van der Waals surface area contributed by atoms with Crippen LogP contribution in [0, 0.1) is 0 Å². The number of hydrogen-bond donors (Lipinski definition) is 2. The summed E-state index contributed by atoms with van der Waals surface area (Å²) in [5, 5.41) is 5.29. The molecular weight excluding hydrogens is 154 g/mol. The van der Waals surface area contributed by atoms with Crippen LogP contribution in [0.3, 0.4) is 0 Å². The first-order valence-corrected chi connectivity index (χ1v) is 3.78. The fourth-order valence-electron chi connectivity index (χ4n) is 0.562. The first-order valence-electron chi connectivity index (χ1n) is 3.78. The molecule has 0 bridgehead atoms. The summed E-state index contributed by atoms with van der Waals surface area (Å²) in [6.07, 6.45) is 3.73. The first-order chi connectivity index (χ1) is 5.70. The maximum Gasteiger partial charge on any atom is 0.223 e. The number of hydrogen-bond acceptors (Lipinski definition) is 2. The zero-order valence-electron chi connectivity index (χ0n) is 7.72. The number of amides is 1. The van der Waals surface area contributed by atoms with Gasteiger partial charge in [-0.1, -0.05) is 6.08 Å². The Morgan fingerprint density at radius 3 is 2.67 bits per heavy atom. The third-order valence-corrected chi connectivity index (χ3v) is 1.26. The van der Waals surface area contributed by atoms with Crippen LogP contribution in [0.15, 0.2) is 16.8 Å². The lowest BCUT2D eigenvalue weighted by Crippen LogP contribution is -2.16. The van der Waals surface area contributed by atoms with E-state index in [1.807, 2.05) is 6.92 Å². The summed E-state index contributed by atoms with van der Waals surface area (Å²) < 4.78 is 0. The minimum absolute atomic E-state index is 0.00555. The van der Waals surface area contributed by atoms with Gasteiger partial charge in [0.15, 0.2) is 0 Å². The van der Waals surface area contributed by atoms with Gasteiger partial charge in [-0.25, -0.2) is 4.99 Å². The zero-order chi connectivity index (χ0) is 9.40. The summed E-state index contributed by atoms with van der Waals surface area (Å²) in [4.78, 5) is 14.8. The van der Waals surface area contributed by atoms with Crippen LogP contribution in [-0.4, -0.2) is 26.3 Å². The SMILES string of the molecule is CN/C=N/C(C)=C\CC(=O)NC. The van der Waals surface area contributed by atoms with Crippen molar-refractivity contribution in [3.63, 3.8) is 0 Å². The highest BCUT2D eigenvalue weighted by molar-refractivity contribution is 5.77. The maximum absolute atomic E-state index is 10.8. The van der Waals surface area contributed by atoms with Crippen LogP contribution in [0.25, 0.3) is 0 Å². The summed E-state index contributed by atoms with van der Waals surface area (Å²) in [6.45, 7) is 1.84. The molecule has 0 aromatic heterocycles. The fourth-order valence-corrected chi connectivity index (χ4v) is 0.562. The van der Waals surface area contributed by atoms with Crippen LogP contribution in [0.5, 0.6) is 0 Å². The smallest absolute Gasteiger partial charge is 0.223 e. The molecule has 68 valence electrons. The van der Waals surface area contributed by atoms with E-state index in [2.05, 4.69) is 15.6 Å². The third kappa shape index (κ3) is 5.46. The van der Waals surface area contributed by atoms with Crippen LogP contribution in [0.2, 0.25) is 0 Å². The molecule has 0 saturated heterocycles. The summed E-state index contributed by atoms with van der Waals surface area (Å²) in [7, 11) is 3.39. The van der Waals surface area contributed by atoms with Crippen molar-refractivity contribution in [2.45, 2.75) is 13.3 Å². The van der Waals surface area contributed by atoms with Gasteiger partial charge >= 0.3 is 0 Å². The molecule has 4 nitrogen and oxygen atoms in total. The zero-order valence-corrected chi connectivity index (χ0v) is 7.72. The predicted molar refractivity (Wildman–Crippen MR) is 50.0 cm³/mol. The van der Waals surface area contributed by atoms with Crippen LogP contribution in [-0.2, 0) is 4.79 Å². The van der Waals surface area contributed by atoms with Crippen molar-refractivity contribution in [2.24, 2.45) is 4.99 Å². The fraction of sp³-hybridized carbons (Fsp3) is 0.500. The molecule has 0 fully saturated rings. The van der Waals surface area contributed by atoms with E-state index in [1.54, 1.807) is 26.5 Å². The molecular formula is C8H15N3O. The standard InChI is InChI=1S/C8H15N3O/c1-7(11-6-9-2)4-5-8(12)10-3/h4,6H,5H2,1-3H3,(H,9,11)(H,10,12)/b7-4-. The Labute approximate surface area is 72.8 Å². The van der Waals surface area contributed by atoms with Gasteiger partial charge in [0.1, 0.15) is 0 Å². The lowest BCUT2D eigenvalue weighted by atomic mass is 10.3. The van der Waals surface area contributed by atoms with Crippen molar-refractivity contribution in [3.05, 3.63) is 11.8 Å². The number of allylic oxidation sites excluding steroid dienone is 1. The molecule has 1 amide bonds. The predicted octanol–water partition coefficient (Wildman–Crippen LogP) is 0.274. The van der Waals surface area contributed by atoms with Crippen LogP contribution < -0.4 is 10.6 Å². The van der Waals surface area contributed by atoms with E-state index in [9.17, 15) is 4.79 Å². The van der Waals surface area contributed by atoms with Crippen molar-refractivity contribution >= 4 is 12.2 Å². The van der Waals surface area contributed by atoms with E-state index in [1.165, 1.54) is 0 Å². The lowest BCUT2D eigenvalue weighted by Gasteiger charge is -1.94. The Morgan fingerprint density at radius 1 is 1.50 bits per heavy atom. The number of aliphatic imine (C=N–C) groups is 1. The normalized spacial score (nSPS) is 11.8. The Kier molecular flexibility index (Phi) is 5.69. The monoisotopic (exact) mass is 169 g/mol. The molecule has 0 radical (unpaired) electrons. The molecule has 0 aliphatic heterocycles. The minimum Gasteiger partial charge on any atom is -0.379 e. The quantitative estimate of drug-likeness (QED) is 0.469. The average Bonchev–Trinajstić information content (AvgIpc) is 2.10. The lowest BCUT2D eigenvalue weighted by molar-refractivity contribution is -0.119. The molecule has 12 heavy (non-hydrogen) atoms. The molecule has 0 saturated carbocycles. The largest absolute Gasteiger partial charge is 0.379 e. The van der Waals surface area contributed by atoms with Crippen LogP contribution in [0.4, 0.5) is 0 Å². The number of rotatable bonds is 4. The average molecular weight is 169 g/mol. The molecule has 0 aromatic rings. The van der Waals surface area contributed by atoms with Gasteiger partial charge in [-0.2, -0.15) is 0 Å². The molecule has 0 aliphatic carbocycles. The van der Waals surface area contributed by atoms with E-state index in [0.29, 0.717) is 6.42 Å². The summed E-state index contributed by atoms with van der Waals surface area (Å²) >= 11 is 0. The molecule has 4 heteroatoms. The molecule has 0 unspecified atom stereocenters. The van der Waals surface area contributed by atoms with Gasteiger partial charge in [-0.3, -0.25) is 4.79 Å². The van der Waals surface area contributed by atoms with Gasteiger partial charge in [-0.05, 0) is 6.92 Å². The minimum atomic E-state index is -0.00555. The Balaban J connectivity index is 3.84. The van der Waals surface area contributed by atoms with Gasteiger partial charge in [0.25, 0.3) is 0 Å². The van der Waals surface area contributed by atoms with Crippen LogP contribution >= 0.6 is 0 Å². The molecule has 0 aromatic carbocycles. The van der Waals surface area contributed by atoms with E-state index in [-0.39, 0.29) is 5.91 Å². The van der Waals surface area contributed by atoms with Crippen molar-refractivity contribution in [1.82, 2.24) is 10.6 Å². The number of carbonyl (C=O) groups excluding carboxylic acids is 1. The summed E-state index contributed by atoms with van der Waals surface area (Å²) in [6, 6.07) is 0. The Hall–Kier alpha value is -1.32. The van der Waals surface area contributed by atoms with Gasteiger partial charge in [0, 0.05) is 26.2 Å². The molecule has 0 heterocycles. The molecule has 0 rings (SSSR count). The number of carbonyl (C=O) groups is 1. The Bertz CT molecular complexity index is 196. The molecule has 0 aliphatic rings. The maximum atomic E-state index is 10.8. The second-order valence-electron chi connectivity index (χ2n) is 2.27. The van der Waals surface area contributed by atoms with Gasteiger partial charge in [0.05, 0.1) is 6.34 Å². The summed E-state index contributed by atoms with van der Waals surface area (Å²) in [5.74, 6) is -0.00555. The van der Waals surface area contributed by atoms with E-state index >= 15 is 0 Å². The highest BCUT2D eigenvalue weighted by Gasteiger charge is 1.92. The van der Waals surface area contributed by atoms with Gasteiger partial charge in [0.2, 0.25) is 5.91 Å². The van der Waals surface area contributed by atoms with Crippen molar-refractivity contribution in [3.8, 4) is 0 Å². The second kappa shape index (κ2) is 6.39. The van der Waals surface area contributed by atoms with E-state index in [4.69, 9.17) is 0 Å². The highest BCUT2D eigenvalue weighted by Crippen LogP contribution is 1.95. The van der Waals surface area contributed by atoms with Crippen molar-refractivity contribution in [1.29, 1.82) is 0 Å². The molecule has 2 N–H and O–H groups in total. The van der Waals surface area contributed by atoms with Crippen LogP contribution in [0.1, 0.15) is 13.3 Å². The topological polar surface area (TPSA) is 53.5 Å².